The van der Waals surface area contributed by atoms with Crippen LogP contribution in [0.3, 0.4) is 0 Å². The molecule has 0 heterocycles. The molecule has 0 saturated heterocycles. The van der Waals surface area contributed by atoms with E-state index in [0.29, 0.717) is 0 Å². The molecule has 0 spiro atoms. The van der Waals surface area contributed by atoms with Crippen LogP contribution in [0.4, 0.5) is 0 Å². The quantitative estimate of drug-likeness (QED) is 0.766. The van der Waals surface area contributed by atoms with E-state index in [1.54, 1.807) is 0 Å². The first-order chi connectivity index (χ1) is 9.81. The van der Waals surface area contributed by atoms with E-state index in [1.165, 1.54) is 16.7 Å². The van der Waals surface area contributed by atoms with Crippen LogP contribution in [0.5, 0.6) is 5.75 Å². The number of unbranched alkanes of at least 4 members (excludes halogenated alkanes) is 1. The van der Waals surface area contributed by atoms with Gasteiger partial charge in [0.1, 0.15) is 5.75 Å². The molecule has 106 valence electrons. The Labute approximate surface area is 121 Å². The minimum Gasteiger partial charge on any atom is -0.493 e. The van der Waals surface area contributed by atoms with Gasteiger partial charge in [-0.3, -0.25) is 0 Å². The Bertz CT molecular complexity index is 522. The highest BCUT2D eigenvalue weighted by Crippen LogP contribution is 2.30. The lowest BCUT2D eigenvalue weighted by atomic mass is 10.0. The summed E-state index contributed by atoms with van der Waals surface area (Å²) in [5.41, 5.74) is 3.65. The van der Waals surface area contributed by atoms with Gasteiger partial charge in [-0.25, -0.2) is 0 Å². The van der Waals surface area contributed by atoms with Crippen LogP contribution >= 0.6 is 0 Å². The van der Waals surface area contributed by atoms with E-state index in [0.717, 1.165) is 31.7 Å². The predicted octanol–water partition coefficient (Wildman–Crippen LogP) is 4.04. The van der Waals surface area contributed by atoms with Gasteiger partial charge in [0.2, 0.25) is 0 Å². The standard InChI is InChI=1S/C18H23NO/c1-15-10-11-18(20-13-7-6-12-19-2)17(14-15)16-8-4-3-5-9-16/h3-5,8-11,14,19H,6-7,12-13H2,1-2H3. The van der Waals surface area contributed by atoms with Crippen LogP contribution in [0.15, 0.2) is 48.5 Å². The van der Waals surface area contributed by atoms with Crippen molar-refractivity contribution in [2.45, 2.75) is 19.8 Å². The molecule has 0 fully saturated rings. The molecule has 2 heteroatoms. The molecule has 20 heavy (non-hydrogen) atoms. The second-order valence-corrected chi connectivity index (χ2v) is 5.02. The number of hydrogen-bond acceptors (Lipinski definition) is 2. The zero-order chi connectivity index (χ0) is 14.2. The molecular formula is C18H23NO. The maximum Gasteiger partial charge on any atom is 0.127 e. The van der Waals surface area contributed by atoms with Crippen LogP contribution < -0.4 is 10.1 Å². The van der Waals surface area contributed by atoms with Crippen molar-refractivity contribution in [3.63, 3.8) is 0 Å². The van der Waals surface area contributed by atoms with Gasteiger partial charge in [-0.15, -0.1) is 0 Å². The average Bonchev–Trinajstić information content (AvgIpc) is 2.49. The molecule has 0 atom stereocenters. The lowest BCUT2D eigenvalue weighted by molar-refractivity contribution is 0.307. The highest BCUT2D eigenvalue weighted by Gasteiger charge is 2.06. The Hall–Kier alpha value is -1.80. The van der Waals surface area contributed by atoms with Crippen molar-refractivity contribution >= 4 is 0 Å². The molecule has 2 aromatic carbocycles. The van der Waals surface area contributed by atoms with E-state index in [1.807, 2.05) is 13.1 Å². The van der Waals surface area contributed by atoms with Crippen LogP contribution in [0.1, 0.15) is 18.4 Å². The predicted molar refractivity (Wildman–Crippen MR) is 85.3 cm³/mol. The Morgan fingerprint density at radius 3 is 2.55 bits per heavy atom. The van der Waals surface area contributed by atoms with Crippen molar-refractivity contribution in [1.29, 1.82) is 0 Å². The van der Waals surface area contributed by atoms with Gasteiger partial charge in [0, 0.05) is 5.56 Å². The lowest BCUT2D eigenvalue weighted by Gasteiger charge is -2.12. The maximum absolute atomic E-state index is 5.97. The highest BCUT2D eigenvalue weighted by molar-refractivity contribution is 5.71. The average molecular weight is 269 g/mol. The Balaban J connectivity index is 2.09. The molecule has 2 aromatic rings. The van der Waals surface area contributed by atoms with Gasteiger partial charge in [0.05, 0.1) is 6.61 Å². The monoisotopic (exact) mass is 269 g/mol. The molecule has 0 unspecified atom stereocenters. The fraction of sp³-hybridized carbons (Fsp3) is 0.333. The van der Waals surface area contributed by atoms with Crippen LogP contribution in [0, 0.1) is 6.92 Å². The number of ether oxygens (including phenoxy) is 1. The Morgan fingerprint density at radius 1 is 1.00 bits per heavy atom. The molecule has 0 amide bonds. The van der Waals surface area contributed by atoms with Gasteiger partial charge in [-0.2, -0.15) is 0 Å². The van der Waals surface area contributed by atoms with E-state index in [9.17, 15) is 0 Å². The molecule has 0 bridgehead atoms. The molecule has 2 rings (SSSR count). The summed E-state index contributed by atoms with van der Waals surface area (Å²) in [6.45, 7) is 3.93. The van der Waals surface area contributed by atoms with Gasteiger partial charge in [0.25, 0.3) is 0 Å². The second kappa shape index (κ2) is 7.71. The van der Waals surface area contributed by atoms with Gasteiger partial charge >= 0.3 is 0 Å². The smallest absolute Gasteiger partial charge is 0.127 e. The lowest BCUT2D eigenvalue weighted by Crippen LogP contribution is -2.09. The normalized spacial score (nSPS) is 10.5. The Morgan fingerprint density at radius 2 is 1.80 bits per heavy atom. The molecule has 2 nitrogen and oxygen atoms in total. The van der Waals surface area contributed by atoms with E-state index < -0.39 is 0 Å². The molecule has 0 saturated carbocycles. The minimum atomic E-state index is 0.768. The van der Waals surface area contributed by atoms with E-state index in [2.05, 4.69) is 54.7 Å². The van der Waals surface area contributed by atoms with Crippen molar-refractivity contribution in [3.8, 4) is 16.9 Å². The number of rotatable bonds is 7. The fourth-order valence-electron chi connectivity index (χ4n) is 2.20. The number of benzene rings is 2. The van der Waals surface area contributed by atoms with Gasteiger partial charge in [-0.05, 0) is 51.1 Å². The number of hydrogen-bond donors (Lipinski definition) is 1. The summed E-state index contributed by atoms with van der Waals surface area (Å²) in [6.07, 6.45) is 2.21. The first-order valence-electron chi connectivity index (χ1n) is 7.25. The largest absolute Gasteiger partial charge is 0.493 e. The van der Waals surface area contributed by atoms with Crippen molar-refractivity contribution in [1.82, 2.24) is 5.32 Å². The van der Waals surface area contributed by atoms with Crippen LogP contribution in [0.25, 0.3) is 11.1 Å². The fourth-order valence-corrected chi connectivity index (χ4v) is 2.20. The summed E-state index contributed by atoms with van der Waals surface area (Å²) in [6, 6.07) is 16.8. The molecule has 0 aliphatic rings. The number of aryl methyl sites for hydroxylation is 1. The molecule has 0 aliphatic heterocycles. The first kappa shape index (κ1) is 14.6. The van der Waals surface area contributed by atoms with Crippen molar-refractivity contribution in [3.05, 3.63) is 54.1 Å². The number of nitrogens with one attached hydrogen (secondary N) is 1. The summed E-state index contributed by atoms with van der Waals surface area (Å²) in [5.74, 6) is 0.978. The third-order valence-electron chi connectivity index (χ3n) is 3.30. The van der Waals surface area contributed by atoms with E-state index >= 15 is 0 Å². The molecule has 1 N–H and O–H groups in total. The molecule has 0 radical (unpaired) electrons. The van der Waals surface area contributed by atoms with E-state index in [-0.39, 0.29) is 0 Å². The first-order valence-corrected chi connectivity index (χ1v) is 7.25. The third kappa shape index (κ3) is 4.10. The zero-order valence-electron chi connectivity index (χ0n) is 12.4. The van der Waals surface area contributed by atoms with Gasteiger partial charge in [-0.1, -0.05) is 42.0 Å². The third-order valence-corrected chi connectivity index (χ3v) is 3.30. The van der Waals surface area contributed by atoms with Crippen molar-refractivity contribution in [2.75, 3.05) is 20.2 Å². The minimum absolute atomic E-state index is 0.768. The van der Waals surface area contributed by atoms with Crippen molar-refractivity contribution < 1.29 is 4.74 Å². The summed E-state index contributed by atoms with van der Waals surface area (Å²) >= 11 is 0. The summed E-state index contributed by atoms with van der Waals surface area (Å²) in [5, 5.41) is 3.16. The highest BCUT2D eigenvalue weighted by atomic mass is 16.5. The van der Waals surface area contributed by atoms with Crippen LogP contribution in [-0.4, -0.2) is 20.2 Å². The maximum atomic E-state index is 5.97. The molecular weight excluding hydrogens is 246 g/mol. The molecule has 0 aliphatic carbocycles. The second-order valence-electron chi connectivity index (χ2n) is 5.02. The van der Waals surface area contributed by atoms with Gasteiger partial charge < -0.3 is 10.1 Å². The van der Waals surface area contributed by atoms with E-state index in [4.69, 9.17) is 4.74 Å². The SMILES string of the molecule is CNCCCCOc1ccc(C)cc1-c1ccccc1. The summed E-state index contributed by atoms with van der Waals surface area (Å²) < 4.78 is 5.97. The van der Waals surface area contributed by atoms with Crippen molar-refractivity contribution in [2.24, 2.45) is 0 Å². The summed E-state index contributed by atoms with van der Waals surface area (Å²) in [7, 11) is 1.98. The van der Waals surface area contributed by atoms with Gasteiger partial charge in [0.15, 0.2) is 0 Å². The van der Waals surface area contributed by atoms with Crippen LogP contribution in [0.2, 0.25) is 0 Å². The van der Waals surface area contributed by atoms with Crippen LogP contribution in [-0.2, 0) is 0 Å². The Kier molecular flexibility index (Phi) is 5.63. The topological polar surface area (TPSA) is 21.3 Å². The zero-order valence-corrected chi connectivity index (χ0v) is 12.4. The summed E-state index contributed by atoms with van der Waals surface area (Å²) in [4.78, 5) is 0. The molecule has 0 aromatic heterocycles.